The molecule has 1 rings (SSSR count). The van der Waals surface area contributed by atoms with Crippen LogP contribution in [0.1, 0.15) is 5.56 Å². The molecule has 1 aromatic rings. The normalized spacial score (nSPS) is 11.1. The Bertz CT molecular complexity index is 346. The van der Waals surface area contributed by atoms with Gasteiger partial charge >= 0.3 is 6.18 Å². The SMILES string of the molecule is C=CNc1ccc(Cl)c(C(F)(F)F)c1. The molecule has 0 bridgehead atoms. The number of anilines is 1. The van der Waals surface area contributed by atoms with E-state index in [1.54, 1.807) is 0 Å². The average Bonchev–Trinajstić information content (AvgIpc) is 2.07. The highest BCUT2D eigenvalue weighted by Crippen LogP contribution is 2.36. The third kappa shape index (κ3) is 2.42. The van der Waals surface area contributed by atoms with Crippen LogP contribution in [0.25, 0.3) is 0 Å². The molecule has 0 amide bonds. The standard InChI is InChI=1S/C9H7ClF3N/c1-2-14-6-3-4-8(10)7(5-6)9(11,12)13/h2-5,14H,1H2. The smallest absolute Gasteiger partial charge is 0.362 e. The Morgan fingerprint density at radius 2 is 2.00 bits per heavy atom. The van der Waals surface area contributed by atoms with Crippen molar-refractivity contribution < 1.29 is 13.2 Å². The van der Waals surface area contributed by atoms with Crippen LogP contribution < -0.4 is 5.32 Å². The van der Waals surface area contributed by atoms with Crippen LogP contribution >= 0.6 is 11.6 Å². The van der Waals surface area contributed by atoms with Gasteiger partial charge in [0.1, 0.15) is 0 Å². The van der Waals surface area contributed by atoms with Crippen molar-refractivity contribution in [3.63, 3.8) is 0 Å². The molecule has 0 saturated heterocycles. The van der Waals surface area contributed by atoms with Crippen LogP contribution in [-0.2, 0) is 6.18 Å². The quantitative estimate of drug-likeness (QED) is 0.798. The molecule has 0 saturated carbocycles. The van der Waals surface area contributed by atoms with Gasteiger partial charge in [-0.05, 0) is 24.4 Å². The molecule has 1 aromatic carbocycles. The lowest BCUT2D eigenvalue weighted by Gasteiger charge is -2.10. The number of halogens is 4. The summed E-state index contributed by atoms with van der Waals surface area (Å²) in [4.78, 5) is 0. The van der Waals surface area contributed by atoms with Gasteiger partial charge in [0, 0.05) is 5.69 Å². The van der Waals surface area contributed by atoms with Gasteiger partial charge in [-0.1, -0.05) is 18.2 Å². The van der Waals surface area contributed by atoms with Crippen LogP contribution in [-0.4, -0.2) is 0 Å². The van der Waals surface area contributed by atoms with Gasteiger partial charge in [-0.2, -0.15) is 13.2 Å². The zero-order chi connectivity index (χ0) is 10.8. The van der Waals surface area contributed by atoms with E-state index in [1.165, 1.54) is 18.3 Å². The van der Waals surface area contributed by atoms with E-state index >= 15 is 0 Å². The van der Waals surface area contributed by atoms with E-state index in [0.29, 0.717) is 5.69 Å². The Balaban J connectivity index is 3.15. The zero-order valence-electron chi connectivity index (χ0n) is 7.03. The largest absolute Gasteiger partial charge is 0.417 e. The van der Waals surface area contributed by atoms with E-state index in [4.69, 9.17) is 11.6 Å². The average molecular weight is 222 g/mol. The molecule has 0 unspecified atom stereocenters. The molecule has 0 aromatic heterocycles. The Hall–Kier alpha value is -1.16. The fourth-order valence-electron chi connectivity index (χ4n) is 0.950. The van der Waals surface area contributed by atoms with Crippen molar-refractivity contribution in [3.05, 3.63) is 41.6 Å². The minimum Gasteiger partial charge on any atom is -0.362 e. The van der Waals surface area contributed by atoms with Gasteiger partial charge in [-0.3, -0.25) is 0 Å². The van der Waals surface area contributed by atoms with E-state index in [9.17, 15) is 13.2 Å². The first-order valence-corrected chi connectivity index (χ1v) is 4.07. The summed E-state index contributed by atoms with van der Waals surface area (Å²) in [5.74, 6) is 0. The Kier molecular flexibility index (Phi) is 3.06. The van der Waals surface area contributed by atoms with Crippen LogP contribution in [0.2, 0.25) is 5.02 Å². The highest BCUT2D eigenvalue weighted by atomic mass is 35.5. The summed E-state index contributed by atoms with van der Waals surface area (Å²) in [6.07, 6.45) is -3.14. The van der Waals surface area contributed by atoms with Gasteiger partial charge in [-0.25, -0.2) is 0 Å². The van der Waals surface area contributed by atoms with Gasteiger partial charge in [0.25, 0.3) is 0 Å². The van der Waals surface area contributed by atoms with Gasteiger partial charge in [-0.15, -0.1) is 0 Å². The highest BCUT2D eigenvalue weighted by Gasteiger charge is 2.33. The Labute approximate surface area is 84.2 Å². The molecule has 5 heteroatoms. The van der Waals surface area contributed by atoms with Crippen molar-refractivity contribution >= 4 is 17.3 Å². The molecule has 76 valence electrons. The molecule has 1 nitrogen and oxygen atoms in total. The van der Waals surface area contributed by atoms with E-state index in [-0.39, 0.29) is 5.02 Å². The van der Waals surface area contributed by atoms with Crippen molar-refractivity contribution in [2.75, 3.05) is 5.32 Å². The molecule has 1 N–H and O–H groups in total. The molecule has 0 spiro atoms. The van der Waals surface area contributed by atoms with Crippen LogP contribution in [0.5, 0.6) is 0 Å². The molecule has 0 aliphatic rings. The van der Waals surface area contributed by atoms with Gasteiger partial charge in [0.2, 0.25) is 0 Å². The minimum atomic E-state index is -4.43. The lowest BCUT2D eigenvalue weighted by atomic mass is 10.2. The topological polar surface area (TPSA) is 12.0 Å². The van der Waals surface area contributed by atoms with Crippen molar-refractivity contribution in [3.8, 4) is 0 Å². The first-order valence-electron chi connectivity index (χ1n) is 3.69. The number of rotatable bonds is 2. The van der Waals surface area contributed by atoms with Crippen LogP contribution in [0.15, 0.2) is 31.0 Å². The number of hydrogen-bond donors (Lipinski definition) is 1. The lowest BCUT2D eigenvalue weighted by Crippen LogP contribution is -2.06. The van der Waals surface area contributed by atoms with Crippen LogP contribution in [0.4, 0.5) is 18.9 Å². The summed E-state index contributed by atoms with van der Waals surface area (Å²) >= 11 is 5.41. The predicted molar refractivity (Wildman–Crippen MR) is 50.3 cm³/mol. The number of alkyl halides is 3. The van der Waals surface area contributed by atoms with E-state index in [2.05, 4.69) is 11.9 Å². The molecule has 0 fully saturated rings. The second kappa shape index (κ2) is 3.92. The first-order chi connectivity index (χ1) is 6.45. The molecule has 0 radical (unpaired) electrons. The summed E-state index contributed by atoms with van der Waals surface area (Å²) in [7, 11) is 0. The maximum Gasteiger partial charge on any atom is 0.417 e. The van der Waals surface area contributed by atoms with Gasteiger partial charge in [0.15, 0.2) is 0 Å². The fourth-order valence-corrected chi connectivity index (χ4v) is 1.17. The Morgan fingerprint density at radius 1 is 1.36 bits per heavy atom. The van der Waals surface area contributed by atoms with E-state index in [0.717, 1.165) is 6.07 Å². The molecule has 14 heavy (non-hydrogen) atoms. The second-order valence-electron chi connectivity index (χ2n) is 2.54. The summed E-state index contributed by atoms with van der Waals surface area (Å²) in [5.41, 5.74) is -0.553. The summed E-state index contributed by atoms with van der Waals surface area (Å²) in [6, 6.07) is 3.57. The van der Waals surface area contributed by atoms with Gasteiger partial charge in [0.05, 0.1) is 10.6 Å². The van der Waals surface area contributed by atoms with E-state index < -0.39 is 11.7 Å². The molecular weight excluding hydrogens is 215 g/mol. The summed E-state index contributed by atoms with van der Waals surface area (Å²) in [6.45, 7) is 3.34. The molecule has 0 atom stereocenters. The molecule has 0 aliphatic carbocycles. The molecule has 0 aliphatic heterocycles. The molecular formula is C9H7ClF3N. The van der Waals surface area contributed by atoms with Crippen molar-refractivity contribution in [2.45, 2.75) is 6.18 Å². The fraction of sp³-hybridized carbons (Fsp3) is 0.111. The second-order valence-corrected chi connectivity index (χ2v) is 2.95. The van der Waals surface area contributed by atoms with Gasteiger partial charge < -0.3 is 5.32 Å². The Morgan fingerprint density at radius 3 is 2.50 bits per heavy atom. The monoisotopic (exact) mass is 221 g/mol. The number of benzene rings is 1. The number of nitrogens with one attached hydrogen (secondary N) is 1. The minimum absolute atomic E-state index is 0.303. The summed E-state index contributed by atoms with van der Waals surface area (Å²) < 4.78 is 37.0. The number of hydrogen-bond acceptors (Lipinski definition) is 1. The lowest BCUT2D eigenvalue weighted by molar-refractivity contribution is -0.137. The third-order valence-corrected chi connectivity index (χ3v) is 1.87. The van der Waals surface area contributed by atoms with Crippen LogP contribution in [0.3, 0.4) is 0 Å². The van der Waals surface area contributed by atoms with Crippen molar-refractivity contribution in [2.24, 2.45) is 0 Å². The van der Waals surface area contributed by atoms with Crippen molar-refractivity contribution in [1.82, 2.24) is 0 Å². The van der Waals surface area contributed by atoms with Crippen LogP contribution in [0, 0.1) is 0 Å². The zero-order valence-corrected chi connectivity index (χ0v) is 7.78. The first kappa shape index (κ1) is 10.9. The maximum atomic E-state index is 12.3. The molecule has 0 heterocycles. The summed E-state index contributed by atoms with van der Waals surface area (Å²) in [5, 5.41) is 2.24. The third-order valence-electron chi connectivity index (χ3n) is 1.54. The predicted octanol–water partition coefficient (Wildman–Crippen LogP) is 3.91. The highest BCUT2D eigenvalue weighted by molar-refractivity contribution is 6.31. The van der Waals surface area contributed by atoms with E-state index in [1.807, 2.05) is 0 Å². The van der Waals surface area contributed by atoms with Crippen molar-refractivity contribution in [1.29, 1.82) is 0 Å². The maximum absolute atomic E-state index is 12.3.